The molecule has 1 aromatic rings. The van der Waals surface area contributed by atoms with Gasteiger partial charge in [-0.1, -0.05) is 38.3 Å². The van der Waals surface area contributed by atoms with Gasteiger partial charge in [0.25, 0.3) is 0 Å². The monoisotopic (exact) mass is 268 g/mol. The smallest absolute Gasteiger partial charge is 0.163 e. The van der Waals surface area contributed by atoms with Crippen LogP contribution in [0, 0.1) is 23.5 Å². The zero-order valence-electron chi connectivity index (χ0n) is 11.3. The lowest BCUT2D eigenvalue weighted by Gasteiger charge is -2.33. The summed E-state index contributed by atoms with van der Waals surface area (Å²) in [5, 5.41) is 0. The van der Waals surface area contributed by atoms with Crippen LogP contribution in [0.4, 0.5) is 8.78 Å². The summed E-state index contributed by atoms with van der Waals surface area (Å²) in [6.07, 6.45) is 5.53. The Labute approximate surface area is 113 Å². The van der Waals surface area contributed by atoms with E-state index in [-0.39, 0.29) is 12.0 Å². The molecule has 1 aliphatic carbocycles. The second-order valence-corrected chi connectivity index (χ2v) is 5.48. The predicted octanol–water partition coefficient (Wildman–Crippen LogP) is 3.69. The number of halogens is 2. The summed E-state index contributed by atoms with van der Waals surface area (Å²) in [5.41, 5.74) is 3.03. The summed E-state index contributed by atoms with van der Waals surface area (Å²) in [7, 11) is 0. The highest BCUT2D eigenvalue weighted by Gasteiger charge is 2.29. The first-order valence-electron chi connectivity index (χ1n) is 7.07. The van der Waals surface area contributed by atoms with Gasteiger partial charge >= 0.3 is 0 Å². The van der Waals surface area contributed by atoms with E-state index in [4.69, 9.17) is 5.84 Å². The molecule has 4 heteroatoms. The van der Waals surface area contributed by atoms with Crippen LogP contribution in [-0.2, 0) is 0 Å². The Hall–Kier alpha value is -1.00. The van der Waals surface area contributed by atoms with Crippen LogP contribution in [0.1, 0.15) is 50.6 Å². The van der Waals surface area contributed by atoms with Gasteiger partial charge in [-0.3, -0.25) is 11.3 Å². The Bertz CT molecular complexity index is 415. The summed E-state index contributed by atoms with van der Waals surface area (Å²) >= 11 is 0. The predicted molar refractivity (Wildman–Crippen MR) is 72.2 cm³/mol. The minimum atomic E-state index is -0.806. The highest BCUT2D eigenvalue weighted by molar-refractivity contribution is 5.23. The van der Waals surface area contributed by atoms with Crippen molar-refractivity contribution >= 4 is 0 Å². The molecule has 0 amide bonds. The maximum atomic E-state index is 13.9. The van der Waals surface area contributed by atoms with Crippen molar-refractivity contribution in [2.45, 2.75) is 45.1 Å². The van der Waals surface area contributed by atoms with Crippen molar-refractivity contribution in [1.82, 2.24) is 5.43 Å². The maximum Gasteiger partial charge on any atom is 0.163 e. The lowest BCUT2D eigenvalue weighted by atomic mass is 9.76. The van der Waals surface area contributed by atoms with Crippen LogP contribution in [0.2, 0.25) is 0 Å². The van der Waals surface area contributed by atoms with Crippen LogP contribution in [0.25, 0.3) is 0 Å². The SMILES string of the molecule is CCC1CCC(C(NN)c2cccc(F)c2F)CC1. The van der Waals surface area contributed by atoms with Gasteiger partial charge in [0.1, 0.15) is 0 Å². The summed E-state index contributed by atoms with van der Waals surface area (Å²) in [6.45, 7) is 2.20. The van der Waals surface area contributed by atoms with Gasteiger partial charge in [0.2, 0.25) is 0 Å². The third-order valence-electron chi connectivity index (χ3n) is 4.44. The third-order valence-corrected chi connectivity index (χ3v) is 4.44. The zero-order valence-corrected chi connectivity index (χ0v) is 11.3. The molecule has 19 heavy (non-hydrogen) atoms. The first-order chi connectivity index (χ1) is 9.17. The van der Waals surface area contributed by atoms with Crippen molar-refractivity contribution in [3.05, 3.63) is 35.4 Å². The molecule has 0 aromatic heterocycles. The molecule has 0 bridgehead atoms. The number of rotatable bonds is 4. The van der Waals surface area contributed by atoms with Crippen LogP contribution in [0.5, 0.6) is 0 Å². The lowest BCUT2D eigenvalue weighted by molar-refractivity contribution is 0.216. The molecule has 0 heterocycles. The molecule has 0 spiro atoms. The van der Waals surface area contributed by atoms with Gasteiger partial charge in [-0.05, 0) is 30.7 Å². The second kappa shape index (κ2) is 6.44. The normalized spacial score (nSPS) is 25.3. The van der Waals surface area contributed by atoms with Crippen molar-refractivity contribution in [3.8, 4) is 0 Å². The van der Waals surface area contributed by atoms with E-state index < -0.39 is 11.6 Å². The molecule has 1 saturated carbocycles. The van der Waals surface area contributed by atoms with Crippen LogP contribution >= 0.6 is 0 Å². The number of hydrogen-bond donors (Lipinski definition) is 2. The van der Waals surface area contributed by atoms with Crippen molar-refractivity contribution in [2.24, 2.45) is 17.7 Å². The van der Waals surface area contributed by atoms with E-state index in [0.717, 1.165) is 37.7 Å². The Morgan fingerprint density at radius 1 is 1.26 bits per heavy atom. The Balaban J connectivity index is 2.14. The minimum Gasteiger partial charge on any atom is -0.271 e. The van der Waals surface area contributed by atoms with Gasteiger partial charge in [0, 0.05) is 5.56 Å². The average Bonchev–Trinajstić information content (AvgIpc) is 2.45. The fraction of sp³-hybridized carbons (Fsp3) is 0.600. The van der Waals surface area contributed by atoms with Crippen molar-refractivity contribution < 1.29 is 8.78 Å². The molecular weight excluding hydrogens is 246 g/mol. The van der Waals surface area contributed by atoms with Gasteiger partial charge in [-0.25, -0.2) is 8.78 Å². The van der Waals surface area contributed by atoms with Crippen LogP contribution < -0.4 is 11.3 Å². The molecule has 0 radical (unpaired) electrons. The van der Waals surface area contributed by atoms with E-state index in [1.54, 1.807) is 6.07 Å². The Morgan fingerprint density at radius 3 is 2.53 bits per heavy atom. The fourth-order valence-electron chi connectivity index (χ4n) is 3.17. The molecule has 1 atom stereocenters. The van der Waals surface area contributed by atoms with Crippen molar-refractivity contribution in [2.75, 3.05) is 0 Å². The fourth-order valence-corrected chi connectivity index (χ4v) is 3.17. The van der Waals surface area contributed by atoms with E-state index >= 15 is 0 Å². The highest BCUT2D eigenvalue weighted by atomic mass is 19.2. The minimum absolute atomic E-state index is 0.282. The average molecular weight is 268 g/mol. The molecular formula is C15H22F2N2. The number of nitrogens with one attached hydrogen (secondary N) is 1. The number of hydrazine groups is 1. The van der Waals surface area contributed by atoms with Crippen LogP contribution in [0.15, 0.2) is 18.2 Å². The highest BCUT2D eigenvalue weighted by Crippen LogP contribution is 2.38. The number of hydrogen-bond acceptors (Lipinski definition) is 2. The molecule has 1 aliphatic rings. The van der Waals surface area contributed by atoms with E-state index in [2.05, 4.69) is 12.3 Å². The molecule has 0 saturated heterocycles. The van der Waals surface area contributed by atoms with E-state index in [9.17, 15) is 8.78 Å². The third kappa shape index (κ3) is 3.12. The topological polar surface area (TPSA) is 38.0 Å². The molecule has 1 unspecified atom stereocenters. The summed E-state index contributed by atoms with van der Waals surface area (Å²) in [5.74, 6) is 5.05. The largest absolute Gasteiger partial charge is 0.271 e. The van der Waals surface area contributed by atoms with Crippen molar-refractivity contribution in [1.29, 1.82) is 0 Å². The molecule has 106 valence electrons. The Kier molecular flexibility index (Phi) is 4.88. The van der Waals surface area contributed by atoms with E-state index in [1.807, 2.05) is 0 Å². The summed E-state index contributed by atoms with van der Waals surface area (Å²) in [4.78, 5) is 0. The molecule has 3 N–H and O–H groups in total. The quantitative estimate of drug-likeness (QED) is 0.645. The molecule has 1 fully saturated rings. The zero-order chi connectivity index (χ0) is 13.8. The number of benzene rings is 1. The molecule has 2 nitrogen and oxygen atoms in total. The first-order valence-corrected chi connectivity index (χ1v) is 7.07. The lowest BCUT2D eigenvalue weighted by Crippen LogP contribution is -2.36. The van der Waals surface area contributed by atoms with Crippen LogP contribution in [-0.4, -0.2) is 0 Å². The van der Waals surface area contributed by atoms with Crippen LogP contribution in [0.3, 0.4) is 0 Å². The van der Waals surface area contributed by atoms with Gasteiger partial charge < -0.3 is 0 Å². The van der Waals surface area contributed by atoms with Gasteiger partial charge in [-0.15, -0.1) is 0 Å². The second-order valence-electron chi connectivity index (χ2n) is 5.48. The standard InChI is InChI=1S/C15H22F2N2/c1-2-10-6-8-11(9-7-10)15(19-18)12-4-3-5-13(16)14(12)17/h3-5,10-11,15,19H,2,6-9,18H2,1H3. The maximum absolute atomic E-state index is 13.9. The molecule has 1 aromatic carbocycles. The Morgan fingerprint density at radius 2 is 1.95 bits per heavy atom. The van der Waals surface area contributed by atoms with Gasteiger partial charge in [0.15, 0.2) is 11.6 Å². The van der Waals surface area contributed by atoms with E-state index in [1.165, 1.54) is 12.5 Å². The number of nitrogens with two attached hydrogens (primary N) is 1. The van der Waals surface area contributed by atoms with Gasteiger partial charge in [0.05, 0.1) is 6.04 Å². The molecule has 2 rings (SSSR count). The first kappa shape index (κ1) is 14.4. The molecule has 0 aliphatic heterocycles. The van der Waals surface area contributed by atoms with Crippen molar-refractivity contribution in [3.63, 3.8) is 0 Å². The summed E-state index contributed by atoms with van der Waals surface area (Å²) < 4.78 is 27.2. The van der Waals surface area contributed by atoms with Gasteiger partial charge in [-0.2, -0.15) is 0 Å². The van der Waals surface area contributed by atoms with E-state index in [0.29, 0.717) is 5.56 Å². The summed E-state index contributed by atoms with van der Waals surface area (Å²) in [6, 6.07) is 4.00.